The van der Waals surface area contributed by atoms with E-state index in [2.05, 4.69) is 4.98 Å². The Morgan fingerprint density at radius 3 is 2.82 bits per heavy atom. The summed E-state index contributed by atoms with van der Waals surface area (Å²) < 4.78 is 12.9. The van der Waals surface area contributed by atoms with Gasteiger partial charge in [0.15, 0.2) is 0 Å². The topological polar surface area (TPSA) is 38.9 Å². The first-order chi connectivity index (χ1) is 8.15. The van der Waals surface area contributed by atoms with E-state index in [-0.39, 0.29) is 5.82 Å². The van der Waals surface area contributed by atoms with Crippen LogP contribution in [-0.4, -0.2) is 4.98 Å². The standard InChI is InChI=1S/C13H13FN2S/c1-9-2-3-13(12(15)4-9)17-8-10-5-11(14)7-16-6-10/h2-7H,8,15H2,1H3. The summed E-state index contributed by atoms with van der Waals surface area (Å²) >= 11 is 1.59. The van der Waals surface area contributed by atoms with Crippen LogP contribution in [0.2, 0.25) is 0 Å². The van der Waals surface area contributed by atoms with Crippen molar-refractivity contribution in [3.05, 3.63) is 53.6 Å². The summed E-state index contributed by atoms with van der Waals surface area (Å²) in [5.41, 5.74) is 8.66. The van der Waals surface area contributed by atoms with Gasteiger partial charge >= 0.3 is 0 Å². The van der Waals surface area contributed by atoms with Gasteiger partial charge in [-0.1, -0.05) is 6.07 Å². The first kappa shape index (κ1) is 11.9. The number of aromatic nitrogens is 1. The number of nitrogen functional groups attached to an aromatic ring is 1. The van der Waals surface area contributed by atoms with Gasteiger partial charge in [0.2, 0.25) is 0 Å². The second-order valence-electron chi connectivity index (χ2n) is 3.84. The van der Waals surface area contributed by atoms with Gasteiger partial charge < -0.3 is 5.73 Å². The van der Waals surface area contributed by atoms with E-state index in [9.17, 15) is 4.39 Å². The van der Waals surface area contributed by atoms with E-state index in [1.165, 1.54) is 12.3 Å². The predicted molar refractivity (Wildman–Crippen MR) is 69.3 cm³/mol. The molecule has 0 amide bonds. The lowest BCUT2D eigenvalue weighted by molar-refractivity contribution is 0.619. The molecule has 1 aromatic heterocycles. The molecule has 0 fully saturated rings. The Balaban J connectivity index is 2.07. The molecular formula is C13H13FN2S. The highest BCUT2D eigenvalue weighted by atomic mass is 32.2. The fraction of sp³-hybridized carbons (Fsp3) is 0.154. The summed E-state index contributed by atoms with van der Waals surface area (Å²) in [5.74, 6) is 0.359. The number of pyridine rings is 1. The smallest absolute Gasteiger partial charge is 0.141 e. The molecule has 2 N–H and O–H groups in total. The minimum atomic E-state index is -0.306. The van der Waals surface area contributed by atoms with E-state index in [1.807, 2.05) is 25.1 Å². The third kappa shape index (κ3) is 3.20. The first-order valence-electron chi connectivity index (χ1n) is 5.23. The van der Waals surface area contributed by atoms with E-state index >= 15 is 0 Å². The molecule has 1 aromatic carbocycles. The minimum Gasteiger partial charge on any atom is -0.398 e. The van der Waals surface area contributed by atoms with Crippen LogP contribution in [0.1, 0.15) is 11.1 Å². The molecular weight excluding hydrogens is 235 g/mol. The molecule has 4 heteroatoms. The summed E-state index contributed by atoms with van der Waals surface area (Å²) in [7, 11) is 0. The van der Waals surface area contributed by atoms with Gasteiger partial charge in [-0.3, -0.25) is 4.98 Å². The number of nitrogens with zero attached hydrogens (tertiary/aromatic N) is 1. The van der Waals surface area contributed by atoms with Gasteiger partial charge in [-0.15, -0.1) is 11.8 Å². The maximum atomic E-state index is 12.9. The van der Waals surface area contributed by atoms with Crippen molar-refractivity contribution in [2.45, 2.75) is 17.6 Å². The molecule has 0 atom stereocenters. The largest absolute Gasteiger partial charge is 0.398 e. The zero-order valence-electron chi connectivity index (χ0n) is 9.48. The average molecular weight is 248 g/mol. The summed E-state index contributed by atoms with van der Waals surface area (Å²) in [6.45, 7) is 2.00. The Labute approximate surface area is 104 Å². The van der Waals surface area contributed by atoms with Gasteiger partial charge in [0, 0.05) is 22.5 Å². The van der Waals surface area contributed by atoms with Crippen molar-refractivity contribution in [3.8, 4) is 0 Å². The first-order valence-corrected chi connectivity index (χ1v) is 6.22. The van der Waals surface area contributed by atoms with E-state index in [0.717, 1.165) is 21.7 Å². The fourth-order valence-corrected chi connectivity index (χ4v) is 2.37. The van der Waals surface area contributed by atoms with Crippen molar-refractivity contribution >= 4 is 17.4 Å². The van der Waals surface area contributed by atoms with Gasteiger partial charge in [-0.25, -0.2) is 4.39 Å². The lowest BCUT2D eigenvalue weighted by Crippen LogP contribution is -1.90. The quantitative estimate of drug-likeness (QED) is 0.668. The maximum Gasteiger partial charge on any atom is 0.141 e. The molecule has 0 saturated heterocycles. The molecule has 2 rings (SSSR count). The number of hydrogen-bond acceptors (Lipinski definition) is 3. The van der Waals surface area contributed by atoms with Crippen LogP contribution in [0.25, 0.3) is 0 Å². The molecule has 2 nitrogen and oxygen atoms in total. The van der Waals surface area contributed by atoms with Crippen LogP contribution in [0.15, 0.2) is 41.6 Å². The fourth-order valence-electron chi connectivity index (χ4n) is 1.50. The zero-order valence-corrected chi connectivity index (χ0v) is 10.3. The second-order valence-corrected chi connectivity index (χ2v) is 4.86. The van der Waals surface area contributed by atoms with Crippen LogP contribution < -0.4 is 5.73 Å². The Kier molecular flexibility index (Phi) is 3.64. The molecule has 1 heterocycles. The van der Waals surface area contributed by atoms with E-state index < -0.39 is 0 Å². The lowest BCUT2D eigenvalue weighted by atomic mass is 10.2. The molecule has 0 saturated carbocycles. The number of aryl methyl sites for hydroxylation is 1. The van der Waals surface area contributed by atoms with Crippen LogP contribution in [0.3, 0.4) is 0 Å². The van der Waals surface area contributed by atoms with Gasteiger partial charge in [-0.2, -0.15) is 0 Å². The van der Waals surface area contributed by atoms with Crippen LogP contribution in [0.5, 0.6) is 0 Å². The summed E-state index contributed by atoms with van der Waals surface area (Å²) in [6, 6.07) is 7.43. The molecule has 2 aromatic rings. The highest BCUT2D eigenvalue weighted by molar-refractivity contribution is 7.98. The zero-order chi connectivity index (χ0) is 12.3. The molecule has 0 aliphatic rings. The second kappa shape index (κ2) is 5.19. The number of benzene rings is 1. The molecule has 88 valence electrons. The Morgan fingerprint density at radius 1 is 1.29 bits per heavy atom. The normalized spacial score (nSPS) is 10.5. The van der Waals surface area contributed by atoms with E-state index in [1.54, 1.807) is 18.0 Å². The molecule has 17 heavy (non-hydrogen) atoms. The molecule has 0 radical (unpaired) electrons. The third-order valence-corrected chi connectivity index (χ3v) is 3.48. The van der Waals surface area contributed by atoms with E-state index in [4.69, 9.17) is 5.73 Å². The summed E-state index contributed by atoms with van der Waals surface area (Å²) in [4.78, 5) is 4.83. The van der Waals surface area contributed by atoms with Crippen LogP contribution in [0, 0.1) is 12.7 Å². The number of halogens is 1. The highest BCUT2D eigenvalue weighted by Crippen LogP contribution is 2.28. The van der Waals surface area contributed by atoms with Crippen LogP contribution >= 0.6 is 11.8 Å². The van der Waals surface area contributed by atoms with Crippen LogP contribution in [-0.2, 0) is 5.75 Å². The predicted octanol–water partition coefficient (Wildman–Crippen LogP) is 3.40. The van der Waals surface area contributed by atoms with Crippen molar-refractivity contribution in [1.82, 2.24) is 4.98 Å². The van der Waals surface area contributed by atoms with Gasteiger partial charge in [0.1, 0.15) is 5.82 Å². The maximum absolute atomic E-state index is 12.9. The van der Waals surface area contributed by atoms with Crippen molar-refractivity contribution in [1.29, 1.82) is 0 Å². The summed E-state index contributed by atoms with van der Waals surface area (Å²) in [5, 5.41) is 0. The third-order valence-electron chi connectivity index (χ3n) is 2.32. The number of hydrogen-bond donors (Lipinski definition) is 1. The van der Waals surface area contributed by atoms with Crippen molar-refractivity contribution < 1.29 is 4.39 Å². The van der Waals surface area contributed by atoms with Crippen LogP contribution in [0.4, 0.5) is 10.1 Å². The SMILES string of the molecule is Cc1ccc(SCc2cncc(F)c2)c(N)c1. The highest BCUT2D eigenvalue weighted by Gasteiger charge is 2.02. The lowest BCUT2D eigenvalue weighted by Gasteiger charge is -2.06. The molecule has 0 bridgehead atoms. The average Bonchev–Trinajstić information content (AvgIpc) is 2.28. The number of anilines is 1. The Hall–Kier alpha value is -1.55. The molecule has 0 aliphatic carbocycles. The molecule has 0 unspecified atom stereocenters. The van der Waals surface area contributed by atoms with Crippen molar-refractivity contribution in [2.24, 2.45) is 0 Å². The van der Waals surface area contributed by atoms with E-state index in [0.29, 0.717) is 5.75 Å². The van der Waals surface area contributed by atoms with Crippen molar-refractivity contribution in [2.75, 3.05) is 5.73 Å². The van der Waals surface area contributed by atoms with Gasteiger partial charge in [-0.05, 0) is 36.2 Å². The number of thioether (sulfide) groups is 1. The summed E-state index contributed by atoms with van der Waals surface area (Å²) in [6.07, 6.45) is 2.87. The van der Waals surface area contributed by atoms with Gasteiger partial charge in [0.25, 0.3) is 0 Å². The molecule has 0 aliphatic heterocycles. The number of rotatable bonds is 3. The number of nitrogens with two attached hydrogens (primary N) is 1. The molecule has 0 spiro atoms. The van der Waals surface area contributed by atoms with Gasteiger partial charge in [0.05, 0.1) is 6.20 Å². The van der Waals surface area contributed by atoms with Crippen molar-refractivity contribution in [3.63, 3.8) is 0 Å². The monoisotopic (exact) mass is 248 g/mol. The minimum absolute atomic E-state index is 0.306. The Bertz CT molecular complexity index is 529. The Morgan fingerprint density at radius 2 is 2.12 bits per heavy atom.